The van der Waals surface area contributed by atoms with Gasteiger partial charge in [0.1, 0.15) is 5.75 Å². The van der Waals surface area contributed by atoms with E-state index in [2.05, 4.69) is 41.4 Å². The molecule has 1 saturated heterocycles. The predicted molar refractivity (Wildman–Crippen MR) is 115 cm³/mol. The number of benzene rings is 2. The molecule has 1 heterocycles. The zero-order valence-corrected chi connectivity index (χ0v) is 17.2. The van der Waals surface area contributed by atoms with E-state index in [1.165, 1.54) is 18.5 Å². The molecule has 28 heavy (non-hydrogen) atoms. The molecule has 2 atom stereocenters. The van der Waals surface area contributed by atoms with Crippen molar-refractivity contribution < 1.29 is 9.53 Å². The minimum absolute atomic E-state index is 0.0589. The number of rotatable bonds is 7. The fourth-order valence-electron chi connectivity index (χ4n) is 3.62. The molecule has 150 valence electrons. The van der Waals surface area contributed by atoms with Gasteiger partial charge >= 0.3 is 0 Å². The number of para-hydroxylation sites is 1. The average Bonchev–Trinajstić information content (AvgIpc) is 2.73. The molecule has 4 nitrogen and oxygen atoms in total. The maximum atomic E-state index is 12.7. The van der Waals surface area contributed by atoms with E-state index in [4.69, 9.17) is 4.74 Å². The van der Waals surface area contributed by atoms with E-state index in [1.54, 1.807) is 0 Å². The molecule has 1 amide bonds. The molecule has 1 fully saturated rings. The molecule has 0 saturated carbocycles. The van der Waals surface area contributed by atoms with Crippen molar-refractivity contribution >= 4 is 11.6 Å². The quantitative estimate of drug-likeness (QED) is 0.738. The van der Waals surface area contributed by atoms with Gasteiger partial charge < -0.3 is 15.0 Å². The Morgan fingerprint density at radius 1 is 1.11 bits per heavy atom. The Morgan fingerprint density at radius 3 is 2.36 bits per heavy atom. The molecule has 0 spiro atoms. The van der Waals surface area contributed by atoms with Crippen LogP contribution >= 0.6 is 0 Å². The van der Waals surface area contributed by atoms with E-state index in [0.717, 1.165) is 30.3 Å². The fourth-order valence-corrected chi connectivity index (χ4v) is 3.62. The van der Waals surface area contributed by atoms with E-state index in [9.17, 15) is 4.79 Å². The van der Waals surface area contributed by atoms with Crippen molar-refractivity contribution in [1.82, 2.24) is 5.32 Å². The number of hydrogen-bond acceptors (Lipinski definition) is 3. The molecular weight excluding hydrogens is 348 g/mol. The van der Waals surface area contributed by atoms with Crippen LogP contribution in [0.2, 0.25) is 0 Å². The summed E-state index contributed by atoms with van der Waals surface area (Å²) < 4.78 is 5.85. The van der Waals surface area contributed by atoms with Gasteiger partial charge in [-0.1, -0.05) is 44.2 Å². The second kappa shape index (κ2) is 9.63. The first-order valence-electron chi connectivity index (χ1n) is 10.4. The minimum Gasteiger partial charge on any atom is -0.481 e. The number of carbonyl (C=O) groups excluding carboxylic acids is 1. The number of carbonyl (C=O) groups is 1. The van der Waals surface area contributed by atoms with E-state index in [0.29, 0.717) is 6.42 Å². The van der Waals surface area contributed by atoms with Crippen LogP contribution in [0.15, 0.2) is 54.6 Å². The lowest BCUT2D eigenvalue weighted by Crippen LogP contribution is -2.39. The first kappa shape index (κ1) is 20.2. The summed E-state index contributed by atoms with van der Waals surface area (Å²) >= 11 is 0. The van der Waals surface area contributed by atoms with Gasteiger partial charge in [0.2, 0.25) is 0 Å². The van der Waals surface area contributed by atoms with E-state index < -0.39 is 6.10 Å². The zero-order chi connectivity index (χ0) is 19.9. The Hall–Kier alpha value is -2.49. The summed E-state index contributed by atoms with van der Waals surface area (Å²) in [5.41, 5.74) is 2.38. The summed E-state index contributed by atoms with van der Waals surface area (Å²) in [6.07, 6.45) is 2.65. The topological polar surface area (TPSA) is 41.6 Å². The van der Waals surface area contributed by atoms with Crippen molar-refractivity contribution in [3.8, 4) is 5.75 Å². The van der Waals surface area contributed by atoms with Gasteiger partial charge in [-0.25, -0.2) is 0 Å². The van der Waals surface area contributed by atoms with Crippen molar-refractivity contribution in [2.75, 3.05) is 18.0 Å². The van der Waals surface area contributed by atoms with Gasteiger partial charge in [0.05, 0.1) is 6.04 Å². The third-order valence-corrected chi connectivity index (χ3v) is 5.59. The molecule has 0 radical (unpaired) electrons. The molecule has 0 bridgehead atoms. The number of ether oxygens (including phenoxy) is 1. The molecular formula is C24H32N2O2. The largest absolute Gasteiger partial charge is 0.481 e. The molecule has 0 aromatic heterocycles. The highest BCUT2D eigenvalue weighted by Gasteiger charge is 2.21. The van der Waals surface area contributed by atoms with Crippen molar-refractivity contribution in [3.05, 3.63) is 60.2 Å². The van der Waals surface area contributed by atoms with Crippen LogP contribution in [-0.2, 0) is 4.79 Å². The molecule has 4 heteroatoms. The lowest BCUT2D eigenvalue weighted by Gasteiger charge is -2.32. The van der Waals surface area contributed by atoms with E-state index in [1.807, 2.05) is 44.2 Å². The lowest BCUT2D eigenvalue weighted by atomic mass is 9.98. The fraction of sp³-hybridized carbons (Fsp3) is 0.458. The lowest BCUT2D eigenvalue weighted by molar-refractivity contribution is -0.128. The summed E-state index contributed by atoms with van der Waals surface area (Å²) in [6.45, 7) is 8.57. The van der Waals surface area contributed by atoms with Gasteiger partial charge in [0.25, 0.3) is 5.91 Å². The summed E-state index contributed by atoms with van der Waals surface area (Å²) in [5, 5.41) is 3.09. The maximum absolute atomic E-state index is 12.7. The van der Waals surface area contributed by atoms with Crippen LogP contribution in [0, 0.1) is 5.92 Å². The molecule has 3 rings (SSSR count). The van der Waals surface area contributed by atoms with Gasteiger partial charge in [-0.3, -0.25) is 4.79 Å². The van der Waals surface area contributed by atoms with Crippen LogP contribution in [0.1, 0.15) is 51.6 Å². The van der Waals surface area contributed by atoms with Gasteiger partial charge in [-0.05, 0) is 61.9 Å². The average molecular weight is 381 g/mol. The van der Waals surface area contributed by atoms with Gasteiger partial charge in [-0.15, -0.1) is 0 Å². The van der Waals surface area contributed by atoms with Crippen molar-refractivity contribution in [2.24, 2.45) is 5.92 Å². The highest BCUT2D eigenvalue weighted by molar-refractivity contribution is 5.81. The standard InChI is InChI=1S/C24H32N2O2/c1-4-23(28-22-8-6-5-7-9-22)24(27)25-19(3)20-10-12-21(13-11-20)26-16-14-18(2)15-17-26/h5-13,18-19,23H,4,14-17H2,1-3H3,(H,25,27)/t19-,23+/m1/s1. The minimum atomic E-state index is -0.487. The molecule has 1 aliphatic rings. The normalized spacial score (nSPS) is 17.0. The van der Waals surface area contributed by atoms with Crippen LogP contribution in [0.25, 0.3) is 0 Å². The first-order valence-corrected chi connectivity index (χ1v) is 10.4. The number of hydrogen-bond donors (Lipinski definition) is 1. The number of amides is 1. The number of anilines is 1. The highest BCUT2D eigenvalue weighted by Crippen LogP contribution is 2.24. The van der Waals surface area contributed by atoms with Gasteiger partial charge in [0.15, 0.2) is 6.10 Å². The Balaban J connectivity index is 1.57. The molecule has 0 aliphatic carbocycles. The van der Waals surface area contributed by atoms with Crippen LogP contribution in [0.5, 0.6) is 5.75 Å². The summed E-state index contributed by atoms with van der Waals surface area (Å²) in [5.74, 6) is 1.47. The number of nitrogens with one attached hydrogen (secondary N) is 1. The van der Waals surface area contributed by atoms with E-state index in [-0.39, 0.29) is 11.9 Å². The Bertz CT molecular complexity index is 737. The van der Waals surface area contributed by atoms with Gasteiger partial charge in [-0.2, -0.15) is 0 Å². The molecule has 0 unspecified atom stereocenters. The second-order valence-electron chi connectivity index (χ2n) is 7.82. The second-order valence-corrected chi connectivity index (χ2v) is 7.82. The molecule has 1 N–H and O–H groups in total. The summed E-state index contributed by atoms with van der Waals surface area (Å²) in [7, 11) is 0. The van der Waals surface area contributed by atoms with Crippen LogP contribution in [0.3, 0.4) is 0 Å². The number of nitrogens with zero attached hydrogens (tertiary/aromatic N) is 1. The van der Waals surface area contributed by atoms with Crippen molar-refractivity contribution in [2.45, 2.75) is 52.2 Å². The highest BCUT2D eigenvalue weighted by atomic mass is 16.5. The van der Waals surface area contributed by atoms with Gasteiger partial charge in [0, 0.05) is 18.8 Å². The molecule has 1 aliphatic heterocycles. The maximum Gasteiger partial charge on any atom is 0.261 e. The zero-order valence-electron chi connectivity index (χ0n) is 17.2. The third-order valence-electron chi connectivity index (χ3n) is 5.59. The molecule has 2 aromatic carbocycles. The Kier molecular flexibility index (Phi) is 6.96. The summed E-state index contributed by atoms with van der Waals surface area (Å²) in [6, 6.07) is 18.0. The van der Waals surface area contributed by atoms with Crippen molar-refractivity contribution in [1.29, 1.82) is 0 Å². The number of piperidine rings is 1. The Morgan fingerprint density at radius 2 is 1.75 bits per heavy atom. The van der Waals surface area contributed by atoms with Crippen molar-refractivity contribution in [3.63, 3.8) is 0 Å². The van der Waals surface area contributed by atoms with E-state index >= 15 is 0 Å². The van der Waals surface area contributed by atoms with Crippen LogP contribution < -0.4 is 15.0 Å². The predicted octanol–water partition coefficient (Wildman–Crippen LogP) is 4.96. The first-order chi connectivity index (χ1) is 13.6. The van der Waals surface area contributed by atoms with Crippen LogP contribution in [0.4, 0.5) is 5.69 Å². The van der Waals surface area contributed by atoms with Crippen LogP contribution in [-0.4, -0.2) is 25.1 Å². The third kappa shape index (κ3) is 5.28. The Labute approximate surface area is 168 Å². The molecule has 2 aromatic rings. The summed E-state index contributed by atoms with van der Waals surface area (Å²) in [4.78, 5) is 15.1. The smallest absolute Gasteiger partial charge is 0.261 e. The SMILES string of the molecule is CC[C@H](Oc1ccccc1)C(=O)N[C@H](C)c1ccc(N2CCC(C)CC2)cc1. The monoisotopic (exact) mass is 380 g/mol.